The molecule has 0 saturated carbocycles. The maximum atomic E-state index is 12.9. The van der Waals surface area contributed by atoms with Crippen LogP contribution in [0.5, 0.6) is 0 Å². The van der Waals surface area contributed by atoms with Crippen LogP contribution in [-0.2, 0) is 16.1 Å². The van der Waals surface area contributed by atoms with Crippen molar-refractivity contribution >= 4 is 17.7 Å². The van der Waals surface area contributed by atoms with Crippen molar-refractivity contribution in [1.82, 2.24) is 20.1 Å². The number of benzene rings is 1. The SMILES string of the molecule is COCCCn1cnnc1SCC(=O)NC(C)c1ccc(F)cc1. The minimum absolute atomic E-state index is 0.108. The quantitative estimate of drug-likeness (QED) is 0.554. The van der Waals surface area contributed by atoms with Crippen LogP contribution < -0.4 is 5.32 Å². The van der Waals surface area contributed by atoms with Crippen molar-refractivity contribution in [1.29, 1.82) is 0 Å². The smallest absolute Gasteiger partial charge is 0.230 e. The van der Waals surface area contributed by atoms with Gasteiger partial charge in [0, 0.05) is 20.3 Å². The van der Waals surface area contributed by atoms with Crippen LogP contribution in [0.2, 0.25) is 0 Å². The number of nitrogens with one attached hydrogen (secondary N) is 1. The molecule has 0 radical (unpaired) electrons. The highest BCUT2D eigenvalue weighted by Crippen LogP contribution is 2.17. The third-order valence-electron chi connectivity index (χ3n) is 3.41. The lowest BCUT2D eigenvalue weighted by atomic mass is 10.1. The molecule has 6 nitrogen and oxygen atoms in total. The molecule has 0 saturated heterocycles. The van der Waals surface area contributed by atoms with E-state index in [9.17, 15) is 9.18 Å². The van der Waals surface area contributed by atoms with Crippen LogP contribution in [0.3, 0.4) is 0 Å². The van der Waals surface area contributed by atoms with Gasteiger partial charge in [0.05, 0.1) is 11.8 Å². The van der Waals surface area contributed by atoms with Gasteiger partial charge in [-0.05, 0) is 31.0 Å². The summed E-state index contributed by atoms with van der Waals surface area (Å²) in [5, 5.41) is 11.5. The van der Waals surface area contributed by atoms with E-state index in [1.54, 1.807) is 25.6 Å². The van der Waals surface area contributed by atoms with Gasteiger partial charge in [0.15, 0.2) is 5.16 Å². The van der Waals surface area contributed by atoms with Gasteiger partial charge >= 0.3 is 0 Å². The molecule has 0 spiro atoms. The number of rotatable bonds is 9. The standard InChI is InChI=1S/C16H21FN4O2S/c1-12(13-4-6-14(17)7-5-13)19-15(22)10-24-16-20-18-11-21(16)8-3-9-23-2/h4-7,11-12H,3,8-10H2,1-2H3,(H,19,22). The van der Waals surface area contributed by atoms with Gasteiger partial charge < -0.3 is 14.6 Å². The summed E-state index contributed by atoms with van der Waals surface area (Å²) in [6.07, 6.45) is 2.51. The van der Waals surface area contributed by atoms with Gasteiger partial charge in [0.25, 0.3) is 0 Å². The molecule has 1 amide bonds. The van der Waals surface area contributed by atoms with Crippen molar-refractivity contribution in [3.63, 3.8) is 0 Å². The summed E-state index contributed by atoms with van der Waals surface area (Å²) < 4.78 is 19.9. The first-order valence-corrected chi connectivity index (χ1v) is 8.63. The molecule has 2 rings (SSSR count). The maximum Gasteiger partial charge on any atom is 0.230 e. The van der Waals surface area contributed by atoms with Gasteiger partial charge in [-0.2, -0.15) is 0 Å². The van der Waals surface area contributed by atoms with Crippen LogP contribution >= 0.6 is 11.8 Å². The summed E-state index contributed by atoms with van der Waals surface area (Å²) in [5.74, 6) is -0.155. The Morgan fingerprint density at radius 2 is 2.17 bits per heavy atom. The Labute approximate surface area is 144 Å². The molecule has 8 heteroatoms. The second kappa shape index (κ2) is 9.39. The molecule has 1 N–H and O–H groups in total. The fraction of sp³-hybridized carbons (Fsp3) is 0.438. The van der Waals surface area contributed by atoms with Crippen LogP contribution in [0.1, 0.15) is 24.9 Å². The normalized spacial score (nSPS) is 12.1. The number of ether oxygens (including phenoxy) is 1. The first-order chi connectivity index (χ1) is 11.6. The number of aryl methyl sites for hydroxylation is 1. The van der Waals surface area contributed by atoms with E-state index < -0.39 is 0 Å². The molecule has 0 aliphatic heterocycles. The zero-order valence-corrected chi connectivity index (χ0v) is 14.6. The number of thioether (sulfide) groups is 1. The molecule has 1 unspecified atom stereocenters. The van der Waals surface area contributed by atoms with E-state index in [1.807, 2.05) is 11.5 Å². The Morgan fingerprint density at radius 3 is 2.88 bits per heavy atom. The van der Waals surface area contributed by atoms with Gasteiger partial charge in [0.2, 0.25) is 5.91 Å². The Bertz CT molecular complexity index is 648. The van der Waals surface area contributed by atoms with E-state index in [4.69, 9.17) is 4.74 Å². The molecule has 1 atom stereocenters. The molecular formula is C16H21FN4O2S. The summed E-state index contributed by atoms with van der Waals surface area (Å²) in [4.78, 5) is 12.1. The lowest BCUT2D eigenvalue weighted by molar-refractivity contribution is -0.119. The van der Waals surface area contributed by atoms with E-state index in [2.05, 4.69) is 15.5 Å². The number of amides is 1. The molecular weight excluding hydrogens is 331 g/mol. The minimum Gasteiger partial charge on any atom is -0.385 e. The van der Waals surface area contributed by atoms with Crippen molar-refractivity contribution in [3.05, 3.63) is 42.0 Å². The molecule has 130 valence electrons. The fourth-order valence-electron chi connectivity index (χ4n) is 2.14. The van der Waals surface area contributed by atoms with E-state index >= 15 is 0 Å². The topological polar surface area (TPSA) is 69.0 Å². The van der Waals surface area contributed by atoms with E-state index in [0.29, 0.717) is 11.8 Å². The molecule has 24 heavy (non-hydrogen) atoms. The Kier molecular flexibility index (Phi) is 7.20. The Balaban J connectivity index is 1.80. The zero-order chi connectivity index (χ0) is 17.4. The third-order valence-corrected chi connectivity index (χ3v) is 4.39. The number of carbonyl (C=O) groups is 1. The molecule has 1 aromatic carbocycles. The third kappa shape index (κ3) is 5.61. The van der Waals surface area contributed by atoms with Gasteiger partial charge in [-0.25, -0.2) is 4.39 Å². The average Bonchev–Trinajstić information content (AvgIpc) is 3.01. The number of methoxy groups -OCH3 is 1. The minimum atomic E-state index is -0.291. The number of hydrogen-bond acceptors (Lipinski definition) is 5. The van der Waals surface area contributed by atoms with Crippen molar-refractivity contribution < 1.29 is 13.9 Å². The van der Waals surface area contributed by atoms with Crippen molar-refractivity contribution in [2.24, 2.45) is 0 Å². The Hall–Kier alpha value is -1.93. The lowest BCUT2D eigenvalue weighted by Crippen LogP contribution is -2.28. The molecule has 0 aliphatic carbocycles. The molecule has 1 aromatic heterocycles. The Morgan fingerprint density at radius 1 is 1.42 bits per heavy atom. The van der Waals surface area contributed by atoms with Crippen LogP contribution in [0.4, 0.5) is 4.39 Å². The first-order valence-electron chi connectivity index (χ1n) is 7.64. The first kappa shape index (κ1) is 18.4. The molecule has 0 fully saturated rings. The number of halogens is 1. The summed E-state index contributed by atoms with van der Waals surface area (Å²) >= 11 is 1.34. The lowest BCUT2D eigenvalue weighted by Gasteiger charge is -2.14. The van der Waals surface area contributed by atoms with Gasteiger partial charge in [-0.15, -0.1) is 10.2 Å². The number of hydrogen-bond donors (Lipinski definition) is 1. The second-order valence-corrected chi connectivity index (χ2v) is 6.23. The molecule has 2 aromatic rings. The van der Waals surface area contributed by atoms with E-state index in [1.165, 1.54) is 23.9 Å². The van der Waals surface area contributed by atoms with E-state index in [-0.39, 0.29) is 23.5 Å². The predicted octanol–water partition coefficient (Wildman–Crippen LogP) is 2.42. The number of aromatic nitrogens is 3. The van der Waals surface area contributed by atoms with Crippen molar-refractivity contribution in [2.75, 3.05) is 19.5 Å². The summed E-state index contributed by atoms with van der Waals surface area (Å²) in [5.41, 5.74) is 0.859. The van der Waals surface area contributed by atoms with Crippen LogP contribution in [-0.4, -0.2) is 40.1 Å². The van der Waals surface area contributed by atoms with Crippen LogP contribution in [0.15, 0.2) is 35.7 Å². The second-order valence-electron chi connectivity index (χ2n) is 5.28. The highest BCUT2D eigenvalue weighted by molar-refractivity contribution is 7.99. The van der Waals surface area contributed by atoms with Crippen molar-refractivity contribution in [2.45, 2.75) is 31.1 Å². The number of carbonyl (C=O) groups excluding carboxylic acids is 1. The van der Waals surface area contributed by atoms with Crippen LogP contribution in [0, 0.1) is 5.82 Å². The highest BCUT2D eigenvalue weighted by Gasteiger charge is 2.12. The van der Waals surface area contributed by atoms with Gasteiger partial charge in [0.1, 0.15) is 12.1 Å². The molecule has 1 heterocycles. The average molecular weight is 352 g/mol. The molecule has 0 bridgehead atoms. The summed E-state index contributed by atoms with van der Waals surface area (Å²) in [7, 11) is 1.66. The van der Waals surface area contributed by atoms with Crippen LogP contribution in [0.25, 0.3) is 0 Å². The fourth-order valence-corrected chi connectivity index (χ4v) is 2.89. The van der Waals surface area contributed by atoms with Crippen molar-refractivity contribution in [3.8, 4) is 0 Å². The molecule has 0 aliphatic rings. The summed E-state index contributed by atoms with van der Waals surface area (Å²) in [6, 6.07) is 5.92. The van der Waals surface area contributed by atoms with Gasteiger partial charge in [-0.3, -0.25) is 4.79 Å². The number of nitrogens with zero attached hydrogens (tertiary/aromatic N) is 3. The predicted molar refractivity (Wildman–Crippen MR) is 90.2 cm³/mol. The van der Waals surface area contributed by atoms with E-state index in [0.717, 1.165) is 18.5 Å². The maximum absolute atomic E-state index is 12.9. The highest BCUT2D eigenvalue weighted by atomic mass is 32.2. The van der Waals surface area contributed by atoms with Gasteiger partial charge in [-0.1, -0.05) is 23.9 Å². The summed E-state index contributed by atoms with van der Waals surface area (Å²) in [6.45, 7) is 3.28. The monoisotopic (exact) mass is 352 g/mol. The largest absolute Gasteiger partial charge is 0.385 e. The zero-order valence-electron chi connectivity index (χ0n) is 13.7.